The standard InChI is InChI=1S/C18H26N4O4S.ClH/c1-14-13-19-6-7-22(14)18(24)16-4-3-5-17(12-16)27(25,26)21-10-8-20(9-11-21)15(2)23;/h3-5,12,14,19H,6-11,13H2,1-2H3;1H. The molecule has 0 saturated carbocycles. The molecule has 10 heteroatoms. The molecule has 0 spiro atoms. The van der Waals surface area contributed by atoms with Crippen LogP contribution in [0.15, 0.2) is 29.2 Å². The Kier molecular flexibility index (Phi) is 7.44. The van der Waals surface area contributed by atoms with Crippen molar-refractivity contribution in [1.29, 1.82) is 0 Å². The molecule has 156 valence electrons. The van der Waals surface area contributed by atoms with E-state index in [1.54, 1.807) is 21.9 Å². The average molecular weight is 431 g/mol. The van der Waals surface area contributed by atoms with Crippen molar-refractivity contribution in [2.24, 2.45) is 0 Å². The molecule has 0 aliphatic carbocycles. The van der Waals surface area contributed by atoms with Crippen LogP contribution < -0.4 is 5.32 Å². The largest absolute Gasteiger partial charge is 0.340 e. The molecule has 8 nitrogen and oxygen atoms in total. The molecule has 1 unspecified atom stereocenters. The van der Waals surface area contributed by atoms with Crippen molar-refractivity contribution in [3.8, 4) is 0 Å². The van der Waals surface area contributed by atoms with Crippen LogP contribution in [0.5, 0.6) is 0 Å². The normalized spacial score (nSPS) is 21.1. The van der Waals surface area contributed by atoms with E-state index in [9.17, 15) is 18.0 Å². The zero-order chi connectivity index (χ0) is 19.6. The lowest BCUT2D eigenvalue weighted by Gasteiger charge is -2.34. The molecule has 1 atom stereocenters. The maximum atomic E-state index is 13.0. The lowest BCUT2D eigenvalue weighted by molar-refractivity contribution is -0.129. The lowest BCUT2D eigenvalue weighted by Crippen LogP contribution is -2.52. The lowest BCUT2D eigenvalue weighted by atomic mass is 10.1. The highest BCUT2D eigenvalue weighted by Crippen LogP contribution is 2.20. The predicted octanol–water partition coefficient (Wildman–Crippen LogP) is 0.395. The maximum Gasteiger partial charge on any atom is 0.254 e. The quantitative estimate of drug-likeness (QED) is 0.749. The van der Waals surface area contributed by atoms with Gasteiger partial charge in [-0.15, -0.1) is 12.4 Å². The number of carbonyl (C=O) groups excluding carboxylic acids is 2. The fraction of sp³-hybridized carbons (Fsp3) is 0.556. The highest BCUT2D eigenvalue weighted by atomic mass is 35.5. The van der Waals surface area contributed by atoms with Crippen LogP contribution in [0, 0.1) is 0 Å². The van der Waals surface area contributed by atoms with E-state index in [0.717, 1.165) is 13.1 Å². The third-order valence-corrected chi connectivity index (χ3v) is 7.06. The number of nitrogens with one attached hydrogen (secondary N) is 1. The zero-order valence-corrected chi connectivity index (χ0v) is 17.8. The van der Waals surface area contributed by atoms with Crippen LogP contribution >= 0.6 is 12.4 Å². The average Bonchev–Trinajstić information content (AvgIpc) is 2.68. The van der Waals surface area contributed by atoms with Gasteiger partial charge in [0.1, 0.15) is 0 Å². The number of benzene rings is 1. The van der Waals surface area contributed by atoms with Gasteiger partial charge in [0.2, 0.25) is 15.9 Å². The first kappa shape index (κ1) is 22.6. The number of nitrogens with zero attached hydrogens (tertiary/aromatic N) is 3. The van der Waals surface area contributed by atoms with Crippen molar-refractivity contribution in [2.45, 2.75) is 24.8 Å². The van der Waals surface area contributed by atoms with Crippen LogP contribution in [-0.4, -0.2) is 86.2 Å². The third-order valence-electron chi connectivity index (χ3n) is 5.16. The summed E-state index contributed by atoms with van der Waals surface area (Å²) >= 11 is 0. The Labute approximate surface area is 172 Å². The second kappa shape index (κ2) is 9.21. The molecular formula is C18H27ClN4O4S. The summed E-state index contributed by atoms with van der Waals surface area (Å²) in [5, 5.41) is 3.24. The van der Waals surface area contributed by atoms with Crippen molar-refractivity contribution in [3.05, 3.63) is 29.8 Å². The fourth-order valence-electron chi connectivity index (χ4n) is 3.49. The van der Waals surface area contributed by atoms with E-state index in [2.05, 4.69) is 5.32 Å². The number of piperazine rings is 2. The van der Waals surface area contributed by atoms with Gasteiger partial charge in [0.05, 0.1) is 4.90 Å². The van der Waals surface area contributed by atoms with E-state index in [4.69, 9.17) is 0 Å². The number of carbonyl (C=O) groups is 2. The molecular weight excluding hydrogens is 404 g/mol. The van der Waals surface area contributed by atoms with E-state index >= 15 is 0 Å². The van der Waals surface area contributed by atoms with Gasteiger partial charge in [0.25, 0.3) is 5.91 Å². The summed E-state index contributed by atoms with van der Waals surface area (Å²) in [5.74, 6) is -0.202. The second-order valence-corrected chi connectivity index (χ2v) is 8.93. The molecule has 2 fully saturated rings. The number of hydrogen-bond acceptors (Lipinski definition) is 5. The van der Waals surface area contributed by atoms with Gasteiger partial charge in [0, 0.05) is 64.3 Å². The van der Waals surface area contributed by atoms with E-state index in [-0.39, 0.29) is 48.2 Å². The number of amides is 2. The highest BCUT2D eigenvalue weighted by molar-refractivity contribution is 7.89. The summed E-state index contributed by atoms with van der Waals surface area (Å²) in [6.45, 7) is 6.79. The highest BCUT2D eigenvalue weighted by Gasteiger charge is 2.30. The number of hydrogen-bond donors (Lipinski definition) is 1. The molecule has 3 rings (SSSR count). The van der Waals surface area contributed by atoms with Gasteiger partial charge in [-0.05, 0) is 25.1 Å². The molecule has 2 aliphatic rings. The Morgan fingerprint density at radius 2 is 1.79 bits per heavy atom. The Bertz CT molecular complexity index is 825. The molecule has 28 heavy (non-hydrogen) atoms. The number of sulfonamides is 1. The van der Waals surface area contributed by atoms with Crippen LogP contribution in [0.1, 0.15) is 24.2 Å². The third kappa shape index (κ3) is 4.65. The van der Waals surface area contributed by atoms with Gasteiger partial charge in [-0.2, -0.15) is 4.31 Å². The first-order valence-corrected chi connectivity index (χ1v) is 10.6. The molecule has 1 N–H and O–H groups in total. The summed E-state index contributed by atoms with van der Waals surface area (Å²) in [4.78, 5) is 27.8. The summed E-state index contributed by atoms with van der Waals surface area (Å²) < 4.78 is 27.3. The van der Waals surface area contributed by atoms with Crippen LogP contribution in [0.3, 0.4) is 0 Å². The molecule has 2 aliphatic heterocycles. The van der Waals surface area contributed by atoms with Crippen molar-refractivity contribution in [2.75, 3.05) is 45.8 Å². The summed E-state index contributed by atoms with van der Waals surface area (Å²) in [6, 6.07) is 6.31. The minimum Gasteiger partial charge on any atom is -0.340 e. The molecule has 1 aromatic carbocycles. The maximum absolute atomic E-state index is 13.0. The fourth-order valence-corrected chi connectivity index (χ4v) is 4.96. The SMILES string of the molecule is CC(=O)N1CCN(S(=O)(=O)c2cccc(C(=O)N3CCNCC3C)c2)CC1.Cl. The molecule has 0 aromatic heterocycles. The number of rotatable bonds is 3. The zero-order valence-electron chi connectivity index (χ0n) is 16.1. The number of halogens is 1. The van der Waals surface area contributed by atoms with Gasteiger partial charge < -0.3 is 15.1 Å². The molecule has 0 radical (unpaired) electrons. The Hall–Kier alpha value is -1.68. The van der Waals surface area contributed by atoms with Crippen molar-refractivity contribution in [3.63, 3.8) is 0 Å². The van der Waals surface area contributed by atoms with Crippen LogP contribution in [0.2, 0.25) is 0 Å². The van der Waals surface area contributed by atoms with Gasteiger partial charge in [-0.25, -0.2) is 8.42 Å². The van der Waals surface area contributed by atoms with Crippen molar-refractivity contribution >= 4 is 34.2 Å². The van der Waals surface area contributed by atoms with Crippen LogP contribution in [0.25, 0.3) is 0 Å². The van der Waals surface area contributed by atoms with Crippen molar-refractivity contribution < 1.29 is 18.0 Å². The summed E-state index contributed by atoms with van der Waals surface area (Å²) in [7, 11) is -3.70. The monoisotopic (exact) mass is 430 g/mol. The molecule has 1 aromatic rings. The summed E-state index contributed by atoms with van der Waals surface area (Å²) in [5.41, 5.74) is 0.382. The van der Waals surface area contributed by atoms with Gasteiger partial charge >= 0.3 is 0 Å². The Balaban J connectivity index is 0.00000280. The summed E-state index contributed by atoms with van der Waals surface area (Å²) in [6.07, 6.45) is 0. The topological polar surface area (TPSA) is 90.0 Å². The molecule has 0 bridgehead atoms. The molecule has 2 amide bonds. The smallest absolute Gasteiger partial charge is 0.254 e. The van der Waals surface area contributed by atoms with E-state index in [1.165, 1.54) is 23.4 Å². The van der Waals surface area contributed by atoms with Gasteiger partial charge in [-0.3, -0.25) is 9.59 Å². The van der Waals surface area contributed by atoms with Crippen molar-refractivity contribution in [1.82, 2.24) is 19.4 Å². The second-order valence-electron chi connectivity index (χ2n) is 6.99. The van der Waals surface area contributed by atoms with E-state index in [1.807, 2.05) is 6.92 Å². The Morgan fingerprint density at radius 1 is 1.11 bits per heavy atom. The molecule has 2 heterocycles. The van der Waals surface area contributed by atoms with Crippen LogP contribution in [-0.2, 0) is 14.8 Å². The van der Waals surface area contributed by atoms with Gasteiger partial charge in [0.15, 0.2) is 0 Å². The minimum atomic E-state index is -3.70. The van der Waals surface area contributed by atoms with E-state index in [0.29, 0.717) is 25.2 Å². The Morgan fingerprint density at radius 3 is 2.39 bits per heavy atom. The van der Waals surface area contributed by atoms with E-state index < -0.39 is 10.0 Å². The van der Waals surface area contributed by atoms with Crippen LogP contribution in [0.4, 0.5) is 0 Å². The minimum absolute atomic E-state index is 0. The first-order valence-electron chi connectivity index (χ1n) is 9.18. The predicted molar refractivity (Wildman–Crippen MR) is 108 cm³/mol. The van der Waals surface area contributed by atoms with Gasteiger partial charge in [-0.1, -0.05) is 6.07 Å². The first-order chi connectivity index (χ1) is 12.8. The molecule has 2 saturated heterocycles.